The van der Waals surface area contributed by atoms with Gasteiger partial charge in [0.15, 0.2) is 0 Å². The summed E-state index contributed by atoms with van der Waals surface area (Å²) in [6.45, 7) is 9.53. The van der Waals surface area contributed by atoms with Crippen LogP contribution in [0.15, 0.2) is 0 Å². The van der Waals surface area contributed by atoms with Crippen molar-refractivity contribution in [3.8, 4) is 0 Å². The monoisotopic (exact) mass is 216 g/mol. The fraction of sp³-hybridized carbons (Fsp3) is 1.00. The van der Waals surface area contributed by atoms with Crippen LogP contribution in [0.5, 0.6) is 0 Å². The minimum atomic E-state index is 0.360. The molecule has 0 saturated carbocycles. The van der Waals surface area contributed by atoms with E-state index in [1.807, 2.05) is 0 Å². The van der Waals surface area contributed by atoms with Crippen LogP contribution in [0.4, 0.5) is 0 Å². The summed E-state index contributed by atoms with van der Waals surface area (Å²) >= 11 is 0. The molecule has 0 radical (unpaired) electrons. The van der Waals surface area contributed by atoms with Gasteiger partial charge in [-0.3, -0.25) is 4.90 Å². The molecule has 0 heterocycles. The van der Waals surface area contributed by atoms with Crippen LogP contribution >= 0.6 is 0 Å². The Morgan fingerprint density at radius 2 is 1.87 bits per heavy atom. The number of nitrogens with two attached hydrogens (primary N) is 1. The average Bonchev–Trinajstić information content (AvgIpc) is 2.17. The van der Waals surface area contributed by atoms with Crippen LogP contribution in [0.3, 0.4) is 0 Å². The fourth-order valence-corrected chi connectivity index (χ4v) is 1.68. The van der Waals surface area contributed by atoms with Crippen molar-refractivity contribution in [2.45, 2.75) is 52.1 Å². The smallest absolute Gasteiger partial charge is 0.0589 e. The van der Waals surface area contributed by atoms with E-state index in [9.17, 15) is 0 Å². The van der Waals surface area contributed by atoms with Crippen LogP contribution in [0, 0.1) is 0 Å². The van der Waals surface area contributed by atoms with Gasteiger partial charge in [-0.2, -0.15) is 0 Å². The lowest BCUT2D eigenvalue weighted by atomic mass is 10.1. The Hall–Kier alpha value is -0.120. The van der Waals surface area contributed by atoms with Gasteiger partial charge in [0, 0.05) is 25.7 Å². The van der Waals surface area contributed by atoms with E-state index >= 15 is 0 Å². The summed E-state index contributed by atoms with van der Waals surface area (Å²) in [5, 5.41) is 0. The van der Waals surface area contributed by atoms with Gasteiger partial charge in [-0.25, -0.2) is 0 Å². The highest BCUT2D eigenvalue weighted by Crippen LogP contribution is 2.04. The third-order valence-electron chi connectivity index (χ3n) is 2.76. The lowest BCUT2D eigenvalue weighted by molar-refractivity contribution is 0.127. The van der Waals surface area contributed by atoms with Crippen molar-refractivity contribution in [1.29, 1.82) is 0 Å². The topological polar surface area (TPSA) is 38.5 Å². The summed E-state index contributed by atoms with van der Waals surface area (Å²) in [6, 6.07) is 0.938. The summed E-state index contributed by atoms with van der Waals surface area (Å²) in [4.78, 5) is 2.43. The first-order valence-electron chi connectivity index (χ1n) is 6.10. The Kier molecular flexibility index (Phi) is 9.06. The molecule has 0 aromatic rings. The maximum atomic E-state index is 6.00. The summed E-state index contributed by atoms with van der Waals surface area (Å²) < 4.78 is 5.10. The zero-order valence-corrected chi connectivity index (χ0v) is 10.8. The number of hydrogen-bond acceptors (Lipinski definition) is 3. The van der Waals surface area contributed by atoms with Gasteiger partial charge in [-0.15, -0.1) is 0 Å². The largest absolute Gasteiger partial charge is 0.383 e. The van der Waals surface area contributed by atoms with Crippen LogP contribution in [0.25, 0.3) is 0 Å². The normalized spacial score (nSPS) is 13.8. The Balaban J connectivity index is 3.74. The van der Waals surface area contributed by atoms with E-state index in [2.05, 4.69) is 25.7 Å². The molecule has 0 aromatic carbocycles. The van der Waals surface area contributed by atoms with Crippen molar-refractivity contribution >= 4 is 0 Å². The molecule has 0 rings (SSSR count). The molecule has 0 aromatic heterocycles. The quantitative estimate of drug-likeness (QED) is 0.639. The summed E-state index contributed by atoms with van der Waals surface area (Å²) in [5.41, 5.74) is 6.00. The molecule has 0 spiro atoms. The van der Waals surface area contributed by atoms with Crippen LogP contribution < -0.4 is 5.73 Å². The highest BCUT2D eigenvalue weighted by molar-refractivity contribution is 4.67. The van der Waals surface area contributed by atoms with Gasteiger partial charge in [0.05, 0.1) is 6.61 Å². The number of nitrogens with zero attached hydrogens (tertiary/aromatic N) is 1. The highest BCUT2D eigenvalue weighted by Gasteiger charge is 2.10. The number of rotatable bonds is 9. The molecule has 3 nitrogen and oxygen atoms in total. The Bertz CT molecular complexity index is 140. The molecule has 3 heteroatoms. The van der Waals surface area contributed by atoms with Crippen molar-refractivity contribution < 1.29 is 4.74 Å². The molecule has 1 unspecified atom stereocenters. The second-order valence-electron chi connectivity index (χ2n) is 4.46. The molecule has 0 saturated heterocycles. The molecule has 0 fully saturated rings. The van der Waals surface area contributed by atoms with E-state index in [0.717, 1.165) is 32.5 Å². The molecule has 0 bridgehead atoms. The average molecular weight is 216 g/mol. The SMILES string of the molecule is CCCC(N)CCN(CCOC)C(C)C. The minimum absolute atomic E-state index is 0.360. The van der Waals surface area contributed by atoms with E-state index in [1.54, 1.807) is 7.11 Å². The van der Waals surface area contributed by atoms with Crippen molar-refractivity contribution in [2.24, 2.45) is 5.73 Å². The predicted molar refractivity (Wildman–Crippen MR) is 66.1 cm³/mol. The second kappa shape index (κ2) is 9.13. The van der Waals surface area contributed by atoms with Gasteiger partial charge < -0.3 is 10.5 Å². The number of methoxy groups -OCH3 is 1. The molecule has 92 valence electrons. The standard InChI is InChI=1S/C12H28N2O/c1-5-6-12(13)7-8-14(11(2)3)9-10-15-4/h11-12H,5-10,13H2,1-4H3. The first kappa shape index (κ1) is 14.9. The highest BCUT2D eigenvalue weighted by atomic mass is 16.5. The molecular formula is C12H28N2O. The Morgan fingerprint density at radius 1 is 1.20 bits per heavy atom. The van der Waals surface area contributed by atoms with Gasteiger partial charge in [0.25, 0.3) is 0 Å². The third-order valence-corrected chi connectivity index (χ3v) is 2.76. The first-order chi connectivity index (χ1) is 7.11. The number of hydrogen-bond donors (Lipinski definition) is 1. The van der Waals surface area contributed by atoms with Crippen molar-refractivity contribution in [1.82, 2.24) is 4.90 Å². The number of ether oxygens (including phenoxy) is 1. The zero-order valence-electron chi connectivity index (χ0n) is 10.8. The molecule has 0 aliphatic carbocycles. The van der Waals surface area contributed by atoms with Gasteiger partial charge >= 0.3 is 0 Å². The molecule has 1 atom stereocenters. The van der Waals surface area contributed by atoms with Gasteiger partial charge in [0.1, 0.15) is 0 Å². The van der Waals surface area contributed by atoms with Crippen molar-refractivity contribution in [3.05, 3.63) is 0 Å². The third kappa shape index (κ3) is 7.77. The lowest BCUT2D eigenvalue weighted by Crippen LogP contribution is -2.37. The molecule has 2 N–H and O–H groups in total. The van der Waals surface area contributed by atoms with Crippen LogP contribution in [-0.2, 0) is 4.74 Å². The molecule has 0 aliphatic rings. The second-order valence-corrected chi connectivity index (χ2v) is 4.46. The van der Waals surface area contributed by atoms with Crippen molar-refractivity contribution in [2.75, 3.05) is 26.8 Å². The predicted octanol–water partition coefficient (Wildman–Crippen LogP) is 1.86. The molecule has 15 heavy (non-hydrogen) atoms. The lowest BCUT2D eigenvalue weighted by Gasteiger charge is -2.27. The van der Waals surface area contributed by atoms with Gasteiger partial charge in [-0.05, 0) is 33.2 Å². The van der Waals surface area contributed by atoms with E-state index in [-0.39, 0.29) is 0 Å². The minimum Gasteiger partial charge on any atom is -0.383 e. The van der Waals surface area contributed by atoms with Gasteiger partial charge in [0.2, 0.25) is 0 Å². The Morgan fingerprint density at radius 3 is 2.33 bits per heavy atom. The van der Waals surface area contributed by atoms with E-state index in [0.29, 0.717) is 12.1 Å². The molecule has 0 amide bonds. The van der Waals surface area contributed by atoms with Crippen LogP contribution in [0.2, 0.25) is 0 Å². The van der Waals surface area contributed by atoms with Gasteiger partial charge in [-0.1, -0.05) is 13.3 Å². The maximum absolute atomic E-state index is 6.00. The maximum Gasteiger partial charge on any atom is 0.0589 e. The van der Waals surface area contributed by atoms with Crippen molar-refractivity contribution in [3.63, 3.8) is 0 Å². The summed E-state index contributed by atoms with van der Waals surface area (Å²) in [5.74, 6) is 0. The summed E-state index contributed by atoms with van der Waals surface area (Å²) in [7, 11) is 1.75. The fourth-order valence-electron chi connectivity index (χ4n) is 1.68. The van der Waals surface area contributed by atoms with Crippen LogP contribution in [0.1, 0.15) is 40.0 Å². The Labute approximate surface area is 95.0 Å². The molecule has 0 aliphatic heterocycles. The van der Waals surface area contributed by atoms with E-state index < -0.39 is 0 Å². The molecular weight excluding hydrogens is 188 g/mol. The van der Waals surface area contributed by atoms with Crippen LogP contribution in [-0.4, -0.2) is 43.8 Å². The first-order valence-corrected chi connectivity index (χ1v) is 6.10. The zero-order chi connectivity index (χ0) is 11.7. The van der Waals surface area contributed by atoms with E-state index in [4.69, 9.17) is 10.5 Å². The van der Waals surface area contributed by atoms with E-state index in [1.165, 1.54) is 6.42 Å². The summed E-state index contributed by atoms with van der Waals surface area (Å²) in [6.07, 6.45) is 3.41.